The van der Waals surface area contributed by atoms with Crippen LogP contribution < -0.4 is 14.5 Å². The molecule has 9 nitrogen and oxygen atoms in total. The van der Waals surface area contributed by atoms with Crippen molar-refractivity contribution in [3.05, 3.63) is 95.6 Å². The standard InChI is InChI=1S/C28H31N3O6S/c1-28(2,3)37-26(32)20-36-25-16-10-21(11-17-25)18-29-30-27(33)23-12-14-24(15-13-23)31(38(4,34)35)19-22-8-6-5-7-9-22/h5-18H,19-20H2,1-4H3,(H,30,33)/b29-18-. The third kappa shape index (κ3) is 9.04. The van der Waals surface area contributed by atoms with E-state index in [-0.39, 0.29) is 13.2 Å². The summed E-state index contributed by atoms with van der Waals surface area (Å²) in [5.41, 5.74) is 4.19. The lowest BCUT2D eigenvalue weighted by Crippen LogP contribution is -2.29. The molecule has 0 heterocycles. The van der Waals surface area contributed by atoms with Crippen LogP contribution in [0, 0.1) is 0 Å². The molecule has 0 atom stereocenters. The number of esters is 1. The van der Waals surface area contributed by atoms with Gasteiger partial charge in [0, 0.05) is 5.56 Å². The fraction of sp³-hybridized carbons (Fsp3) is 0.250. The molecule has 10 heteroatoms. The second-order valence-electron chi connectivity index (χ2n) is 9.45. The van der Waals surface area contributed by atoms with Crippen LogP contribution in [0.25, 0.3) is 0 Å². The molecule has 3 rings (SSSR count). The third-order valence-corrected chi connectivity index (χ3v) is 6.16. The van der Waals surface area contributed by atoms with Crippen molar-refractivity contribution >= 4 is 33.8 Å². The van der Waals surface area contributed by atoms with E-state index in [1.165, 1.54) is 10.5 Å². The molecule has 3 aromatic carbocycles. The molecule has 0 aliphatic rings. The highest BCUT2D eigenvalue weighted by molar-refractivity contribution is 7.92. The van der Waals surface area contributed by atoms with Crippen LogP contribution in [0.2, 0.25) is 0 Å². The Labute approximate surface area is 223 Å². The molecule has 0 spiro atoms. The molecule has 1 amide bonds. The normalized spacial score (nSPS) is 11.7. The van der Waals surface area contributed by atoms with Gasteiger partial charge < -0.3 is 9.47 Å². The van der Waals surface area contributed by atoms with E-state index >= 15 is 0 Å². The number of ether oxygens (including phenoxy) is 2. The first-order valence-corrected chi connectivity index (χ1v) is 13.7. The molecule has 1 N–H and O–H groups in total. The van der Waals surface area contributed by atoms with Crippen molar-refractivity contribution in [3.8, 4) is 5.75 Å². The quantitative estimate of drug-likeness (QED) is 0.236. The molecule has 200 valence electrons. The number of hydrogen-bond acceptors (Lipinski definition) is 7. The van der Waals surface area contributed by atoms with Crippen molar-refractivity contribution in [2.75, 3.05) is 17.2 Å². The summed E-state index contributed by atoms with van der Waals surface area (Å²) in [4.78, 5) is 24.2. The number of carbonyl (C=O) groups excluding carboxylic acids is 2. The van der Waals surface area contributed by atoms with E-state index in [9.17, 15) is 18.0 Å². The van der Waals surface area contributed by atoms with Gasteiger partial charge in [-0.05, 0) is 80.4 Å². The van der Waals surface area contributed by atoms with Crippen molar-refractivity contribution in [2.45, 2.75) is 32.9 Å². The number of carbonyl (C=O) groups is 2. The first-order valence-electron chi connectivity index (χ1n) is 11.8. The minimum atomic E-state index is -3.54. The van der Waals surface area contributed by atoms with Crippen molar-refractivity contribution in [3.63, 3.8) is 0 Å². The van der Waals surface area contributed by atoms with E-state index in [1.54, 1.807) is 69.3 Å². The van der Waals surface area contributed by atoms with Gasteiger partial charge in [-0.1, -0.05) is 30.3 Å². The number of nitrogens with one attached hydrogen (secondary N) is 1. The Morgan fingerprint density at radius 1 is 0.947 bits per heavy atom. The highest BCUT2D eigenvalue weighted by atomic mass is 32.2. The van der Waals surface area contributed by atoms with Crippen molar-refractivity contribution in [1.82, 2.24) is 5.43 Å². The van der Waals surface area contributed by atoms with Crippen molar-refractivity contribution < 1.29 is 27.5 Å². The lowest BCUT2D eigenvalue weighted by Gasteiger charge is -2.22. The topological polar surface area (TPSA) is 114 Å². The zero-order chi connectivity index (χ0) is 27.8. The van der Waals surface area contributed by atoms with E-state index < -0.39 is 27.5 Å². The number of amides is 1. The molecule has 0 fully saturated rings. The highest BCUT2D eigenvalue weighted by Crippen LogP contribution is 2.21. The van der Waals surface area contributed by atoms with Crippen LogP contribution >= 0.6 is 0 Å². The van der Waals surface area contributed by atoms with Crippen LogP contribution in [0.3, 0.4) is 0 Å². The minimum Gasteiger partial charge on any atom is -0.482 e. The van der Waals surface area contributed by atoms with Crippen LogP contribution in [-0.2, 0) is 26.1 Å². The van der Waals surface area contributed by atoms with Gasteiger partial charge in [-0.3, -0.25) is 9.10 Å². The zero-order valence-electron chi connectivity index (χ0n) is 21.7. The van der Waals surface area contributed by atoms with E-state index in [4.69, 9.17) is 9.47 Å². The Kier molecular flexibility index (Phi) is 9.25. The van der Waals surface area contributed by atoms with Crippen molar-refractivity contribution in [2.24, 2.45) is 5.10 Å². The predicted octanol–water partition coefficient (Wildman–Crippen LogP) is 4.14. The molecule has 0 radical (unpaired) electrons. The summed E-state index contributed by atoms with van der Waals surface area (Å²) in [5, 5.41) is 3.97. The number of anilines is 1. The molecule has 0 saturated carbocycles. The van der Waals surface area contributed by atoms with Gasteiger partial charge in [0.15, 0.2) is 6.61 Å². The van der Waals surface area contributed by atoms with Gasteiger partial charge in [0.05, 0.1) is 24.7 Å². The van der Waals surface area contributed by atoms with E-state index in [0.717, 1.165) is 11.8 Å². The third-order valence-electron chi connectivity index (χ3n) is 5.02. The van der Waals surface area contributed by atoms with Crippen LogP contribution in [0.15, 0.2) is 84.0 Å². The highest BCUT2D eigenvalue weighted by Gasteiger charge is 2.19. The zero-order valence-corrected chi connectivity index (χ0v) is 22.6. The molecule has 0 aliphatic heterocycles. The summed E-state index contributed by atoms with van der Waals surface area (Å²) in [7, 11) is -3.54. The summed E-state index contributed by atoms with van der Waals surface area (Å²) in [6.07, 6.45) is 2.61. The van der Waals surface area contributed by atoms with Gasteiger partial charge in [-0.25, -0.2) is 18.6 Å². The maximum atomic E-state index is 12.5. The van der Waals surface area contributed by atoms with Crippen molar-refractivity contribution in [1.29, 1.82) is 0 Å². The predicted molar refractivity (Wildman–Crippen MR) is 147 cm³/mol. The maximum absolute atomic E-state index is 12.5. The second-order valence-corrected chi connectivity index (χ2v) is 11.4. The molecule has 0 saturated heterocycles. The Hall–Kier alpha value is -4.18. The molecule has 38 heavy (non-hydrogen) atoms. The largest absolute Gasteiger partial charge is 0.482 e. The van der Waals surface area contributed by atoms with Gasteiger partial charge in [0.2, 0.25) is 10.0 Å². The van der Waals surface area contributed by atoms with E-state index in [1.807, 2.05) is 30.3 Å². The Morgan fingerprint density at radius 3 is 2.16 bits per heavy atom. The fourth-order valence-electron chi connectivity index (χ4n) is 3.32. The Bertz CT molecular complexity index is 1360. The Balaban J connectivity index is 1.55. The van der Waals surface area contributed by atoms with Gasteiger partial charge in [0.1, 0.15) is 11.4 Å². The van der Waals surface area contributed by atoms with Gasteiger partial charge >= 0.3 is 5.97 Å². The minimum absolute atomic E-state index is 0.181. The number of rotatable bonds is 10. The summed E-state index contributed by atoms with van der Waals surface area (Å²) in [6, 6.07) is 22.3. The summed E-state index contributed by atoms with van der Waals surface area (Å²) in [6.45, 7) is 5.33. The summed E-state index contributed by atoms with van der Waals surface area (Å²) >= 11 is 0. The number of hydrogen-bond donors (Lipinski definition) is 1. The maximum Gasteiger partial charge on any atom is 0.344 e. The van der Waals surface area contributed by atoms with E-state index in [2.05, 4.69) is 10.5 Å². The lowest BCUT2D eigenvalue weighted by atomic mass is 10.2. The smallest absolute Gasteiger partial charge is 0.344 e. The van der Waals surface area contributed by atoms with Crippen LogP contribution in [-0.4, -0.2) is 45.0 Å². The van der Waals surface area contributed by atoms with Crippen LogP contribution in [0.1, 0.15) is 42.3 Å². The average molecular weight is 538 g/mol. The molecular weight excluding hydrogens is 506 g/mol. The lowest BCUT2D eigenvalue weighted by molar-refractivity contribution is -0.157. The molecule has 0 aliphatic carbocycles. The molecule has 0 unspecified atom stereocenters. The molecular formula is C28H31N3O6S. The molecule has 3 aromatic rings. The second kappa shape index (κ2) is 12.4. The van der Waals surface area contributed by atoms with E-state index in [0.29, 0.717) is 22.6 Å². The number of nitrogens with zero attached hydrogens (tertiary/aromatic N) is 2. The number of benzene rings is 3. The number of sulfonamides is 1. The summed E-state index contributed by atoms with van der Waals surface area (Å²) < 4.78 is 36.6. The molecule has 0 bridgehead atoms. The van der Waals surface area contributed by atoms with Crippen LogP contribution in [0.5, 0.6) is 5.75 Å². The SMILES string of the molecule is CC(C)(C)OC(=O)COc1ccc(/C=N\NC(=O)c2ccc(N(Cc3ccccc3)S(C)(=O)=O)cc2)cc1. The molecule has 0 aromatic heterocycles. The number of hydrazone groups is 1. The Morgan fingerprint density at radius 2 is 1.58 bits per heavy atom. The average Bonchev–Trinajstić information content (AvgIpc) is 2.86. The van der Waals surface area contributed by atoms with Crippen LogP contribution in [0.4, 0.5) is 5.69 Å². The summed E-state index contributed by atoms with van der Waals surface area (Å²) in [5.74, 6) is -0.411. The van der Waals surface area contributed by atoms with Gasteiger partial charge in [0.25, 0.3) is 5.91 Å². The fourth-order valence-corrected chi connectivity index (χ4v) is 4.21. The monoisotopic (exact) mass is 537 g/mol. The first kappa shape index (κ1) is 28.4. The van der Waals surface area contributed by atoms with Gasteiger partial charge in [-0.2, -0.15) is 5.10 Å². The first-order chi connectivity index (χ1) is 17.9. The van der Waals surface area contributed by atoms with Gasteiger partial charge in [-0.15, -0.1) is 0 Å².